The first-order chi connectivity index (χ1) is 11.1. The molecule has 2 N–H and O–H groups in total. The Morgan fingerprint density at radius 1 is 1.17 bits per heavy atom. The largest absolute Gasteiger partial charge is 0.353 e. The van der Waals surface area contributed by atoms with Gasteiger partial charge in [-0.3, -0.25) is 4.79 Å². The summed E-state index contributed by atoms with van der Waals surface area (Å²) in [7, 11) is 0. The van der Waals surface area contributed by atoms with E-state index >= 15 is 0 Å². The van der Waals surface area contributed by atoms with E-state index in [2.05, 4.69) is 25.6 Å². The molecule has 1 aliphatic heterocycles. The van der Waals surface area contributed by atoms with Crippen molar-refractivity contribution in [1.82, 2.24) is 10.3 Å². The van der Waals surface area contributed by atoms with Crippen LogP contribution in [-0.4, -0.2) is 16.1 Å². The molecule has 118 valence electrons. The molecule has 0 spiro atoms. The Hall–Kier alpha value is -2.77. The van der Waals surface area contributed by atoms with Gasteiger partial charge in [0.25, 0.3) is 0 Å². The van der Waals surface area contributed by atoms with E-state index in [4.69, 9.17) is 0 Å². The lowest BCUT2D eigenvalue weighted by atomic mass is 9.86. The van der Waals surface area contributed by atoms with E-state index in [0.29, 0.717) is 36.4 Å². The van der Waals surface area contributed by atoms with E-state index in [-0.39, 0.29) is 17.2 Å². The van der Waals surface area contributed by atoms with E-state index in [0.717, 1.165) is 6.07 Å². The number of benzene rings is 1. The molecule has 0 bridgehead atoms. The summed E-state index contributed by atoms with van der Waals surface area (Å²) in [5, 5.41) is 13.4. The van der Waals surface area contributed by atoms with E-state index < -0.39 is 17.7 Å². The van der Waals surface area contributed by atoms with Gasteiger partial charge in [-0.05, 0) is 29.2 Å². The summed E-state index contributed by atoms with van der Waals surface area (Å²) in [6.45, 7) is 0. The molecule has 1 aromatic carbocycles. The Labute approximate surface area is 129 Å². The number of anilines is 2. The molecule has 0 fully saturated rings. The number of nitrogens with one attached hydrogen (secondary N) is 2. The SMILES string of the molecule is O=C1CCCC2=C1C(c1cccc(F)c1F)Nc1nonc1N2. The van der Waals surface area contributed by atoms with Crippen molar-refractivity contribution in [1.29, 1.82) is 0 Å². The average Bonchev–Trinajstić information content (AvgIpc) is 2.89. The number of hydrogen-bond acceptors (Lipinski definition) is 6. The van der Waals surface area contributed by atoms with Gasteiger partial charge in [0.2, 0.25) is 11.6 Å². The molecular weight excluding hydrogens is 306 g/mol. The summed E-state index contributed by atoms with van der Waals surface area (Å²) in [6.07, 6.45) is 1.66. The molecule has 0 saturated heterocycles. The van der Waals surface area contributed by atoms with Crippen molar-refractivity contribution in [3.8, 4) is 0 Å². The van der Waals surface area contributed by atoms with Gasteiger partial charge < -0.3 is 10.6 Å². The molecule has 6 nitrogen and oxygen atoms in total. The Bertz CT molecular complexity index is 831. The van der Waals surface area contributed by atoms with Crippen molar-refractivity contribution in [3.63, 3.8) is 0 Å². The zero-order chi connectivity index (χ0) is 16.0. The average molecular weight is 318 g/mol. The maximum atomic E-state index is 14.3. The summed E-state index contributed by atoms with van der Waals surface area (Å²) >= 11 is 0. The van der Waals surface area contributed by atoms with Crippen molar-refractivity contribution in [2.75, 3.05) is 10.6 Å². The van der Waals surface area contributed by atoms with Crippen LogP contribution in [0, 0.1) is 11.6 Å². The number of hydrogen-bond donors (Lipinski definition) is 2. The molecule has 8 heteroatoms. The van der Waals surface area contributed by atoms with Crippen LogP contribution in [0.15, 0.2) is 34.1 Å². The third-order valence-corrected chi connectivity index (χ3v) is 4.08. The minimum absolute atomic E-state index is 0.0467. The molecule has 4 rings (SSSR count). The van der Waals surface area contributed by atoms with Crippen LogP contribution < -0.4 is 10.6 Å². The predicted octanol–water partition coefficient (Wildman–Crippen LogP) is 2.93. The number of allylic oxidation sites excluding steroid dienone is 1. The first-order valence-electron chi connectivity index (χ1n) is 7.21. The number of rotatable bonds is 1. The number of halogens is 2. The number of nitrogens with zero attached hydrogens (tertiary/aromatic N) is 2. The quantitative estimate of drug-likeness (QED) is 0.841. The summed E-state index contributed by atoms with van der Waals surface area (Å²) in [5.41, 5.74) is 1.07. The van der Waals surface area contributed by atoms with Gasteiger partial charge in [-0.2, -0.15) is 0 Å². The standard InChI is InChI=1S/C15H12F2N4O2/c16-8-4-1-3-7(12(8)17)13-11-9(5-2-6-10(11)22)18-14-15(19-13)21-23-20-14/h1,3-4,13H,2,5-6H2,(H,18,20)(H,19,21). The van der Waals surface area contributed by atoms with Gasteiger partial charge in [0.05, 0.1) is 6.04 Å². The van der Waals surface area contributed by atoms with Crippen molar-refractivity contribution >= 4 is 17.4 Å². The molecule has 2 heterocycles. The van der Waals surface area contributed by atoms with Gasteiger partial charge >= 0.3 is 0 Å². The minimum atomic E-state index is -0.991. The highest BCUT2D eigenvalue weighted by molar-refractivity contribution is 6.00. The molecule has 23 heavy (non-hydrogen) atoms. The van der Waals surface area contributed by atoms with Crippen molar-refractivity contribution in [2.45, 2.75) is 25.3 Å². The van der Waals surface area contributed by atoms with Crippen LogP contribution in [0.2, 0.25) is 0 Å². The van der Waals surface area contributed by atoms with E-state index in [9.17, 15) is 13.6 Å². The first-order valence-corrected chi connectivity index (χ1v) is 7.21. The number of Topliss-reactive ketones (excluding diaryl/α,β-unsaturated/α-hetero) is 1. The zero-order valence-electron chi connectivity index (χ0n) is 11.9. The summed E-state index contributed by atoms with van der Waals surface area (Å²) in [4.78, 5) is 12.4. The Kier molecular flexibility index (Phi) is 3.10. The molecule has 0 amide bonds. The number of fused-ring (bicyclic) bond motifs is 1. The van der Waals surface area contributed by atoms with Gasteiger partial charge in [-0.25, -0.2) is 13.4 Å². The lowest BCUT2D eigenvalue weighted by molar-refractivity contribution is -0.116. The molecule has 1 atom stereocenters. The summed E-state index contributed by atoms with van der Waals surface area (Å²) in [5.74, 6) is -1.49. The van der Waals surface area contributed by atoms with Crippen molar-refractivity contribution in [2.24, 2.45) is 0 Å². The third-order valence-electron chi connectivity index (χ3n) is 4.08. The van der Waals surface area contributed by atoms with Gasteiger partial charge in [0, 0.05) is 23.3 Å². The lowest BCUT2D eigenvalue weighted by Gasteiger charge is -2.25. The molecule has 2 aliphatic rings. The Balaban J connectivity index is 1.91. The first kappa shape index (κ1) is 13.9. The topological polar surface area (TPSA) is 80.1 Å². The highest BCUT2D eigenvalue weighted by Gasteiger charge is 2.35. The van der Waals surface area contributed by atoms with Gasteiger partial charge in [0.1, 0.15) is 0 Å². The maximum Gasteiger partial charge on any atom is 0.219 e. The van der Waals surface area contributed by atoms with Crippen molar-refractivity contribution in [3.05, 3.63) is 46.7 Å². The smallest absolute Gasteiger partial charge is 0.219 e. The van der Waals surface area contributed by atoms with E-state index in [1.165, 1.54) is 12.1 Å². The number of carbonyl (C=O) groups excluding carboxylic acids is 1. The second kappa shape index (κ2) is 5.15. The fourth-order valence-corrected chi connectivity index (χ4v) is 3.02. The van der Waals surface area contributed by atoms with Crippen LogP contribution in [0.25, 0.3) is 0 Å². The molecular formula is C15H12F2N4O2. The molecule has 1 unspecified atom stereocenters. The number of aromatic nitrogens is 2. The van der Waals surface area contributed by atoms with Crippen LogP contribution >= 0.6 is 0 Å². The highest BCUT2D eigenvalue weighted by atomic mass is 19.2. The summed E-state index contributed by atoms with van der Waals surface area (Å²) in [6, 6.07) is 3.04. The second-order valence-electron chi connectivity index (χ2n) is 5.48. The Morgan fingerprint density at radius 3 is 2.87 bits per heavy atom. The molecule has 0 saturated carbocycles. The molecule has 2 aromatic rings. The second-order valence-corrected chi connectivity index (χ2v) is 5.48. The minimum Gasteiger partial charge on any atom is -0.353 e. The lowest BCUT2D eigenvalue weighted by Crippen LogP contribution is -2.24. The fraction of sp³-hybridized carbons (Fsp3) is 0.267. The predicted molar refractivity (Wildman–Crippen MR) is 76.5 cm³/mol. The fourth-order valence-electron chi connectivity index (χ4n) is 3.02. The number of ketones is 1. The van der Waals surface area contributed by atoms with Gasteiger partial charge in [0.15, 0.2) is 17.4 Å². The zero-order valence-corrected chi connectivity index (χ0v) is 11.9. The number of carbonyl (C=O) groups is 1. The van der Waals surface area contributed by atoms with Gasteiger partial charge in [-0.1, -0.05) is 12.1 Å². The highest BCUT2D eigenvalue weighted by Crippen LogP contribution is 2.40. The van der Waals surface area contributed by atoms with Crippen LogP contribution in [0.5, 0.6) is 0 Å². The Morgan fingerprint density at radius 2 is 2.00 bits per heavy atom. The molecule has 1 aromatic heterocycles. The van der Waals surface area contributed by atoms with E-state index in [1.54, 1.807) is 0 Å². The normalized spacial score (nSPS) is 20.3. The molecule has 0 radical (unpaired) electrons. The summed E-state index contributed by atoms with van der Waals surface area (Å²) < 4.78 is 32.6. The van der Waals surface area contributed by atoms with Crippen LogP contribution in [0.1, 0.15) is 30.9 Å². The van der Waals surface area contributed by atoms with Crippen LogP contribution in [0.4, 0.5) is 20.4 Å². The van der Waals surface area contributed by atoms with Gasteiger partial charge in [-0.15, -0.1) is 0 Å². The monoisotopic (exact) mass is 318 g/mol. The third kappa shape index (κ3) is 2.18. The van der Waals surface area contributed by atoms with Crippen LogP contribution in [-0.2, 0) is 4.79 Å². The van der Waals surface area contributed by atoms with E-state index in [1.807, 2.05) is 0 Å². The maximum absolute atomic E-state index is 14.3. The van der Waals surface area contributed by atoms with Crippen LogP contribution in [0.3, 0.4) is 0 Å². The van der Waals surface area contributed by atoms with Crippen molar-refractivity contribution < 1.29 is 18.2 Å². The molecule has 1 aliphatic carbocycles.